The first-order chi connectivity index (χ1) is 9.20. The molecule has 3 N–H and O–H groups in total. The van der Waals surface area contributed by atoms with Crippen LogP contribution in [0.2, 0.25) is 0 Å². The summed E-state index contributed by atoms with van der Waals surface area (Å²) < 4.78 is 0. The first-order valence-electron chi connectivity index (χ1n) is 6.52. The average Bonchev–Trinajstić information content (AvgIpc) is 2.91. The maximum Gasteiger partial charge on any atom is 0.293 e. The summed E-state index contributed by atoms with van der Waals surface area (Å²) in [5.41, 5.74) is 3.74. The van der Waals surface area contributed by atoms with E-state index in [1.54, 1.807) is 12.1 Å². The van der Waals surface area contributed by atoms with Crippen LogP contribution in [0.3, 0.4) is 0 Å². The van der Waals surface area contributed by atoms with Crippen LogP contribution in [0.25, 0.3) is 0 Å². The molecule has 0 radical (unpaired) electrons. The highest BCUT2D eigenvalue weighted by Crippen LogP contribution is 2.30. The van der Waals surface area contributed by atoms with Crippen molar-refractivity contribution in [3.63, 3.8) is 0 Å². The van der Waals surface area contributed by atoms with Crippen molar-refractivity contribution < 1.29 is 4.92 Å². The first kappa shape index (κ1) is 14.1. The summed E-state index contributed by atoms with van der Waals surface area (Å²) >= 11 is 1.86. The second kappa shape index (κ2) is 6.77. The number of nitrogen functional groups attached to an aromatic ring is 1. The van der Waals surface area contributed by atoms with E-state index >= 15 is 0 Å². The smallest absolute Gasteiger partial charge is 0.293 e. The van der Waals surface area contributed by atoms with Crippen molar-refractivity contribution in [2.24, 2.45) is 11.8 Å². The minimum absolute atomic E-state index is 0.0430. The van der Waals surface area contributed by atoms with Gasteiger partial charge in [0.15, 0.2) is 0 Å². The Kier molecular flexibility index (Phi) is 5.04. The average molecular weight is 281 g/mol. The van der Waals surface area contributed by atoms with Gasteiger partial charge in [-0.2, -0.15) is 11.8 Å². The molecule has 104 valence electrons. The largest absolute Gasteiger partial charge is 0.318 e. The Labute approximate surface area is 117 Å². The van der Waals surface area contributed by atoms with Gasteiger partial charge in [-0.1, -0.05) is 18.9 Å². The van der Waals surface area contributed by atoms with E-state index in [1.165, 1.54) is 25.7 Å². The SMILES string of the molecule is NNc1ccc(CSCC2CCCC2)cc1[N+](=O)[O-]. The van der Waals surface area contributed by atoms with E-state index in [2.05, 4.69) is 5.43 Å². The number of anilines is 1. The molecule has 0 aliphatic heterocycles. The van der Waals surface area contributed by atoms with Gasteiger partial charge in [-0.3, -0.25) is 16.0 Å². The normalized spacial score (nSPS) is 15.6. The van der Waals surface area contributed by atoms with Crippen molar-refractivity contribution in [2.75, 3.05) is 11.2 Å². The Morgan fingerprint density at radius 3 is 2.79 bits per heavy atom. The number of thioether (sulfide) groups is 1. The summed E-state index contributed by atoms with van der Waals surface area (Å²) in [5, 5.41) is 10.9. The second-order valence-electron chi connectivity index (χ2n) is 4.92. The van der Waals surface area contributed by atoms with E-state index in [-0.39, 0.29) is 5.69 Å². The van der Waals surface area contributed by atoms with Crippen molar-refractivity contribution in [1.82, 2.24) is 0 Å². The van der Waals surface area contributed by atoms with Gasteiger partial charge < -0.3 is 5.43 Å². The zero-order valence-electron chi connectivity index (χ0n) is 10.8. The predicted octanol–water partition coefficient (Wildman–Crippen LogP) is 3.30. The third kappa shape index (κ3) is 3.84. The summed E-state index contributed by atoms with van der Waals surface area (Å²) in [6, 6.07) is 5.17. The Hall–Kier alpha value is -1.27. The molecule has 0 atom stereocenters. The van der Waals surface area contributed by atoms with Crippen LogP contribution in [-0.4, -0.2) is 10.7 Å². The van der Waals surface area contributed by atoms with Crippen LogP contribution in [0.1, 0.15) is 31.2 Å². The Bertz CT molecular complexity index is 448. The fourth-order valence-corrected chi connectivity index (χ4v) is 3.66. The van der Waals surface area contributed by atoms with E-state index in [0.717, 1.165) is 23.0 Å². The molecule has 0 aromatic heterocycles. The molecule has 1 aliphatic rings. The molecule has 2 rings (SSSR count). The lowest BCUT2D eigenvalue weighted by Crippen LogP contribution is -2.09. The fraction of sp³-hybridized carbons (Fsp3) is 0.538. The number of nitrogens with zero attached hydrogens (tertiary/aromatic N) is 1. The van der Waals surface area contributed by atoms with Gasteiger partial charge in [-0.25, -0.2) is 0 Å². The molecule has 19 heavy (non-hydrogen) atoms. The van der Waals surface area contributed by atoms with Crippen LogP contribution in [0, 0.1) is 16.0 Å². The van der Waals surface area contributed by atoms with Gasteiger partial charge in [0.25, 0.3) is 5.69 Å². The summed E-state index contributed by atoms with van der Waals surface area (Å²) in [6.07, 6.45) is 5.38. The Morgan fingerprint density at radius 2 is 2.16 bits per heavy atom. The zero-order chi connectivity index (χ0) is 13.7. The highest BCUT2D eigenvalue weighted by atomic mass is 32.2. The number of hydrogen-bond acceptors (Lipinski definition) is 5. The highest BCUT2D eigenvalue weighted by Gasteiger charge is 2.16. The molecule has 1 saturated carbocycles. The Morgan fingerprint density at radius 1 is 1.42 bits per heavy atom. The molecule has 0 unspecified atom stereocenters. The van der Waals surface area contributed by atoms with Gasteiger partial charge in [0.1, 0.15) is 5.69 Å². The predicted molar refractivity (Wildman–Crippen MR) is 79.0 cm³/mol. The number of nitrogens with two attached hydrogens (primary N) is 1. The number of nitro groups is 1. The van der Waals surface area contributed by atoms with Crippen LogP contribution in [0.4, 0.5) is 11.4 Å². The van der Waals surface area contributed by atoms with Crippen molar-refractivity contribution in [3.8, 4) is 0 Å². The minimum Gasteiger partial charge on any atom is -0.318 e. The molecule has 0 spiro atoms. The van der Waals surface area contributed by atoms with E-state index in [4.69, 9.17) is 5.84 Å². The van der Waals surface area contributed by atoms with Crippen LogP contribution >= 0.6 is 11.8 Å². The Balaban J connectivity index is 1.92. The van der Waals surface area contributed by atoms with Gasteiger partial charge in [0.05, 0.1) is 4.92 Å². The van der Waals surface area contributed by atoms with E-state index < -0.39 is 4.92 Å². The topological polar surface area (TPSA) is 81.2 Å². The molecule has 1 aromatic carbocycles. The zero-order valence-corrected chi connectivity index (χ0v) is 11.6. The van der Waals surface area contributed by atoms with E-state index in [0.29, 0.717) is 5.69 Å². The standard InChI is InChI=1S/C13H19N3O2S/c14-15-12-6-5-11(7-13(12)16(17)18)9-19-8-10-3-1-2-4-10/h5-7,10,15H,1-4,8-9,14H2. The summed E-state index contributed by atoms with van der Waals surface area (Å²) in [4.78, 5) is 10.5. The maximum atomic E-state index is 10.9. The summed E-state index contributed by atoms with van der Waals surface area (Å²) in [7, 11) is 0. The molecule has 1 aliphatic carbocycles. The van der Waals surface area contributed by atoms with Gasteiger partial charge in [0, 0.05) is 11.8 Å². The van der Waals surface area contributed by atoms with Gasteiger partial charge in [0.2, 0.25) is 0 Å². The number of benzene rings is 1. The van der Waals surface area contributed by atoms with Gasteiger partial charge in [-0.15, -0.1) is 0 Å². The minimum atomic E-state index is -0.402. The van der Waals surface area contributed by atoms with Gasteiger partial charge in [-0.05, 0) is 36.1 Å². The number of nitrogens with one attached hydrogen (secondary N) is 1. The van der Waals surface area contributed by atoms with Crippen molar-refractivity contribution >= 4 is 23.1 Å². The molecule has 0 amide bonds. The van der Waals surface area contributed by atoms with Gasteiger partial charge >= 0.3 is 0 Å². The van der Waals surface area contributed by atoms with Crippen LogP contribution in [0.5, 0.6) is 0 Å². The summed E-state index contributed by atoms with van der Waals surface area (Å²) in [5.74, 6) is 8.08. The number of hydrogen-bond donors (Lipinski definition) is 2. The molecule has 0 heterocycles. The maximum absolute atomic E-state index is 10.9. The fourth-order valence-electron chi connectivity index (χ4n) is 2.46. The molecule has 0 saturated heterocycles. The van der Waals surface area contributed by atoms with Crippen molar-refractivity contribution in [3.05, 3.63) is 33.9 Å². The second-order valence-corrected chi connectivity index (χ2v) is 5.95. The highest BCUT2D eigenvalue weighted by molar-refractivity contribution is 7.98. The number of nitro benzene ring substituents is 1. The lowest BCUT2D eigenvalue weighted by molar-refractivity contribution is -0.384. The third-order valence-corrected chi connectivity index (χ3v) is 4.76. The molecule has 6 heteroatoms. The van der Waals surface area contributed by atoms with Crippen LogP contribution in [0.15, 0.2) is 18.2 Å². The molecule has 0 bridgehead atoms. The van der Waals surface area contributed by atoms with Crippen LogP contribution < -0.4 is 11.3 Å². The number of rotatable bonds is 6. The molecule has 1 fully saturated rings. The van der Waals surface area contributed by atoms with E-state index in [1.807, 2.05) is 17.8 Å². The van der Waals surface area contributed by atoms with E-state index in [9.17, 15) is 10.1 Å². The monoisotopic (exact) mass is 281 g/mol. The molecular formula is C13H19N3O2S. The van der Waals surface area contributed by atoms with Crippen molar-refractivity contribution in [2.45, 2.75) is 31.4 Å². The molecular weight excluding hydrogens is 262 g/mol. The number of hydrazine groups is 1. The molecule has 1 aromatic rings. The first-order valence-corrected chi connectivity index (χ1v) is 7.68. The van der Waals surface area contributed by atoms with Crippen LogP contribution in [-0.2, 0) is 5.75 Å². The molecule has 5 nitrogen and oxygen atoms in total. The van der Waals surface area contributed by atoms with Crippen molar-refractivity contribution in [1.29, 1.82) is 0 Å². The lowest BCUT2D eigenvalue weighted by Gasteiger charge is -2.09. The quantitative estimate of drug-likeness (QED) is 0.475. The summed E-state index contributed by atoms with van der Waals surface area (Å²) in [6.45, 7) is 0. The lowest BCUT2D eigenvalue weighted by atomic mass is 10.1. The third-order valence-electron chi connectivity index (χ3n) is 3.51.